The van der Waals surface area contributed by atoms with E-state index >= 15 is 0 Å². The van der Waals surface area contributed by atoms with Crippen LogP contribution in [0.4, 0.5) is 74.6 Å². The zero-order valence-corrected chi connectivity index (χ0v) is 19.3. The Hall–Kier alpha value is -2.27. The molecule has 1 aromatic rings. The van der Waals surface area contributed by atoms with E-state index in [2.05, 4.69) is 11.3 Å². The minimum absolute atomic E-state index is 0.231. The molecule has 0 saturated carbocycles. The van der Waals surface area contributed by atoms with Crippen LogP contribution in [0.1, 0.15) is 25.3 Å². The fourth-order valence-corrected chi connectivity index (χ4v) is 2.48. The number of ether oxygens (including phenoxy) is 1. The number of rotatable bonds is 12. The van der Waals surface area contributed by atoms with Crippen molar-refractivity contribution in [2.24, 2.45) is 0 Å². The molecule has 0 heterocycles. The first-order valence-corrected chi connectivity index (χ1v) is 10.2. The van der Waals surface area contributed by atoms with Gasteiger partial charge in [-0.25, -0.2) is 0 Å². The minimum Gasteiger partial charge on any atom is -0.382 e. The van der Waals surface area contributed by atoms with Crippen LogP contribution >= 0.6 is 0 Å². The zero-order valence-electron chi connectivity index (χ0n) is 19.3. The van der Waals surface area contributed by atoms with Gasteiger partial charge in [-0.15, -0.1) is 0 Å². The maximum Gasteiger partial charge on any atom is 0.460 e. The molecule has 0 saturated heterocycles. The molecule has 228 valence electrons. The van der Waals surface area contributed by atoms with Crippen LogP contribution in [0.3, 0.4) is 0 Å². The molecule has 18 heteroatoms. The summed E-state index contributed by atoms with van der Waals surface area (Å²) in [5, 5.41) is 0. The second kappa shape index (κ2) is 12.1. The van der Waals surface area contributed by atoms with Crippen molar-refractivity contribution in [2.45, 2.75) is 67.4 Å². The molecule has 0 radical (unpaired) electrons. The van der Waals surface area contributed by atoms with E-state index in [0.717, 1.165) is 0 Å². The fourth-order valence-electron chi connectivity index (χ4n) is 2.48. The minimum atomic E-state index is -8.59. The van der Waals surface area contributed by atoms with Gasteiger partial charge < -0.3 is 4.74 Å². The SMILES string of the molecule is C=Cc1ccccc1.CCOCCCC(F)(F)C(F)(F)C(F)(F)C(F)(F)C(F)(F)C(F)(F)C(F)(F)C(F)(F)F. The van der Waals surface area contributed by atoms with Gasteiger partial charge in [-0.2, -0.15) is 74.6 Å². The van der Waals surface area contributed by atoms with Gasteiger partial charge in [0.05, 0.1) is 0 Å². The summed E-state index contributed by atoms with van der Waals surface area (Å²) in [6, 6.07) is 10.0. The van der Waals surface area contributed by atoms with Gasteiger partial charge in [-0.3, -0.25) is 0 Å². The highest BCUT2D eigenvalue weighted by atomic mass is 19.4. The molecular weight excluding hydrogens is 591 g/mol. The average molecular weight is 610 g/mol. The van der Waals surface area contributed by atoms with Crippen molar-refractivity contribution in [1.29, 1.82) is 0 Å². The lowest BCUT2D eigenvalue weighted by Crippen LogP contribution is -2.74. The van der Waals surface area contributed by atoms with Gasteiger partial charge in [0.15, 0.2) is 0 Å². The quantitative estimate of drug-likeness (QED) is 0.170. The zero-order chi connectivity index (χ0) is 31.4. The Morgan fingerprint density at radius 3 is 1.33 bits per heavy atom. The van der Waals surface area contributed by atoms with Crippen molar-refractivity contribution in [1.82, 2.24) is 0 Å². The first-order chi connectivity index (χ1) is 17.2. The topological polar surface area (TPSA) is 9.23 Å². The highest BCUT2D eigenvalue weighted by molar-refractivity contribution is 5.45. The third-order valence-corrected chi connectivity index (χ3v) is 4.81. The molecule has 0 bridgehead atoms. The molecule has 0 spiro atoms. The summed E-state index contributed by atoms with van der Waals surface area (Å²) in [7, 11) is 0. The monoisotopic (exact) mass is 610 g/mol. The van der Waals surface area contributed by atoms with Crippen LogP contribution in [-0.4, -0.2) is 60.8 Å². The molecule has 0 N–H and O–H groups in total. The van der Waals surface area contributed by atoms with Crippen LogP contribution in [0, 0.1) is 0 Å². The number of alkyl halides is 17. The van der Waals surface area contributed by atoms with E-state index in [1.54, 1.807) is 0 Å². The Labute approximate surface area is 209 Å². The summed E-state index contributed by atoms with van der Waals surface area (Å²) < 4.78 is 225. The molecule has 1 rings (SSSR count). The van der Waals surface area contributed by atoms with E-state index in [1.165, 1.54) is 12.5 Å². The molecule has 0 aliphatic carbocycles. The normalized spacial score (nSPS) is 14.5. The van der Waals surface area contributed by atoms with Crippen molar-refractivity contribution in [3.63, 3.8) is 0 Å². The van der Waals surface area contributed by atoms with E-state index in [9.17, 15) is 74.6 Å². The Kier molecular flexibility index (Phi) is 11.4. The Balaban J connectivity index is 0.00000152. The standard InChI is InChI=1S/C13H11F17O.C8H8/c1-2-31-5-3-4-6(14,15)7(16,17)8(18,19)9(20,21)10(22,23)11(24,25)12(26,27)13(28,29)30;1-2-8-6-4-3-5-7-8/h2-5H2,1H3;2-7H,1H2. The van der Waals surface area contributed by atoms with Gasteiger partial charge in [-0.05, 0) is 18.9 Å². The summed E-state index contributed by atoms with van der Waals surface area (Å²) in [6.45, 7) is 3.77. The largest absolute Gasteiger partial charge is 0.460 e. The Morgan fingerprint density at radius 1 is 0.615 bits per heavy atom. The van der Waals surface area contributed by atoms with Crippen molar-refractivity contribution in [3.8, 4) is 0 Å². The molecule has 39 heavy (non-hydrogen) atoms. The first-order valence-electron chi connectivity index (χ1n) is 10.2. The van der Waals surface area contributed by atoms with Crippen molar-refractivity contribution >= 4 is 6.08 Å². The Morgan fingerprint density at radius 2 is 1.00 bits per heavy atom. The maximum atomic E-state index is 13.4. The summed E-state index contributed by atoms with van der Waals surface area (Å²) in [5.74, 6) is -55.9. The van der Waals surface area contributed by atoms with Crippen LogP contribution in [0.2, 0.25) is 0 Å². The van der Waals surface area contributed by atoms with Crippen LogP contribution in [0.5, 0.6) is 0 Å². The van der Waals surface area contributed by atoms with Gasteiger partial charge in [-0.1, -0.05) is 43.0 Å². The molecular formula is C21H19F17O. The summed E-state index contributed by atoms with van der Waals surface area (Å²) in [6.07, 6.45) is -9.67. The highest BCUT2D eigenvalue weighted by Gasteiger charge is 2.95. The number of halogens is 17. The van der Waals surface area contributed by atoms with E-state index in [1.807, 2.05) is 36.4 Å². The number of hydrogen-bond donors (Lipinski definition) is 0. The molecule has 0 aliphatic heterocycles. The first kappa shape index (κ1) is 36.7. The van der Waals surface area contributed by atoms with Crippen molar-refractivity contribution < 1.29 is 79.4 Å². The van der Waals surface area contributed by atoms with Crippen LogP contribution in [-0.2, 0) is 4.74 Å². The van der Waals surface area contributed by atoms with Crippen molar-refractivity contribution in [3.05, 3.63) is 42.5 Å². The summed E-state index contributed by atoms with van der Waals surface area (Å²) in [4.78, 5) is 0. The van der Waals surface area contributed by atoms with E-state index in [-0.39, 0.29) is 6.61 Å². The lowest BCUT2D eigenvalue weighted by atomic mass is 9.88. The van der Waals surface area contributed by atoms with E-state index in [4.69, 9.17) is 0 Å². The molecule has 1 nitrogen and oxygen atoms in total. The second-order valence-electron chi connectivity index (χ2n) is 7.56. The van der Waals surface area contributed by atoms with Crippen LogP contribution in [0.15, 0.2) is 36.9 Å². The van der Waals surface area contributed by atoms with Gasteiger partial charge in [0, 0.05) is 19.6 Å². The highest BCUT2D eigenvalue weighted by Crippen LogP contribution is 2.64. The molecule has 0 aliphatic rings. The molecule has 0 atom stereocenters. The maximum absolute atomic E-state index is 13.4. The third-order valence-electron chi connectivity index (χ3n) is 4.81. The third kappa shape index (κ3) is 6.73. The summed E-state index contributed by atoms with van der Waals surface area (Å²) >= 11 is 0. The predicted octanol–water partition coefficient (Wildman–Crippen LogP) is 9.14. The van der Waals surface area contributed by atoms with E-state index in [0.29, 0.717) is 0 Å². The van der Waals surface area contributed by atoms with Gasteiger partial charge >= 0.3 is 47.6 Å². The van der Waals surface area contributed by atoms with Gasteiger partial charge in [0.25, 0.3) is 0 Å². The number of benzene rings is 1. The molecule has 0 amide bonds. The van der Waals surface area contributed by atoms with Gasteiger partial charge in [0.2, 0.25) is 0 Å². The van der Waals surface area contributed by atoms with Crippen LogP contribution < -0.4 is 0 Å². The lowest BCUT2D eigenvalue weighted by molar-refractivity contribution is -0.461. The number of hydrogen-bond acceptors (Lipinski definition) is 1. The molecule has 0 unspecified atom stereocenters. The predicted molar refractivity (Wildman–Crippen MR) is 103 cm³/mol. The van der Waals surface area contributed by atoms with Crippen molar-refractivity contribution in [2.75, 3.05) is 13.2 Å². The second-order valence-corrected chi connectivity index (χ2v) is 7.56. The molecule has 0 fully saturated rings. The molecule has 0 aromatic heterocycles. The van der Waals surface area contributed by atoms with Crippen LogP contribution in [0.25, 0.3) is 6.08 Å². The Bertz CT molecular complexity index is 907. The molecule has 1 aromatic carbocycles. The fraction of sp³-hybridized carbons (Fsp3) is 0.619. The smallest absolute Gasteiger partial charge is 0.382 e. The lowest BCUT2D eigenvalue weighted by Gasteiger charge is -2.42. The summed E-state index contributed by atoms with van der Waals surface area (Å²) in [5.41, 5.74) is 1.17. The van der Waals surface area contributed by atoms with E-state index < -0.39 is 67.1 Å². The average Bonchev–Trinajstić information content (AvgIpc) is 2.81. The van der Waals surface area contributed by atoms with Gasteiger partial charge in [0.1, 0.15) is 0 Å².